The molecule has 1 atom stereocenters. The van der Waals surface area contributed by atoms with Gasteiger partial charge in [0.2, 0.25) is 0 Å². The summed E-state index contributed by atoms with van der Waals surface area (Å²) in [6.45, 7) is 2.42. The van der Waals surface area contributed by atoms with Crippen molar-refractivity contribution in [3.63, 3.8) is 0 Å². The van der Waals surface area contributed by atoms with Crippen molar-refractivity contribution >= 4 is 12.0 Å². The van der Waals surface area contributed by atoms with Gasteiger partial charge in [-0.2, -0.15) is 0 Å². The fourth-order valence-electron chi connectivity index (χ4n) is 1.37. The van der Waals surface area contributed by atoms with Crippen LogP contribution in [0.4, 0.5) is 4.79 Å². The molecule has 0 saturated carbocycles. The maximum Gasteiger partial charge on any atom is 0.323 e. The molecule has 0 spiro atoms. The maximum atomic E-state index is 12.1. The van der Waals surface area contributed by atoms with Gasteiger partial charge >= 0.3 is 12.0 Å². The average Bonchev–Trinajstić information content (AvgIpc) is 2.32. The number of hydrogen-bond acceptors (Lipinski definition) is 4. The number of rotatable bonds is 8. The Bertz CT molecular complexity index is 272. The number of nitrogens with zero attached hydrogens (tertiary/aromatic N) is 2. The van der Waals surface area contributed by atoms with Gasteiger partial charge in [0.1, 0.15) is 6.54 Å². The van der Waals surface area contributed by atoms with Gasteiger partial charge in [0, 0.05) is 27.8 Å². The van der Waals surface area contributed by atoms with Crippen LogP contribution in [0.1, 0.15) is 6.92 Å². The molecule has 0 saturated heterocycles. The van der Waals surface area contributed by atoms with Crippen LogP contribution in [-0.2, 0) is 14.3 Å². The van der Waals surface area contributed by atoms with Crippen molar-refractivity contribution in [1.29, 1.82) is 0 Å². The van der Waals surface area contributed by atoms with E-state index in [1.807, 2.05) is 6.92 Å². The molecular weight excluding hydrogens is 240 g/mol. The van der Waals surface area contributed by atoms with E-state index in [1.165, 1.54) is 16.9 Å². The van der Waals surface area contributed by atoms with E-state index in [0.29, 0.717) is 13.2 Å². The van der Waals surface area contributed by atoms with E-state index in [2.05, 4.69) is 0 Å². The highest BCUT2D eigenvalue weighted by Gasteiger charge is 2.23. The zero-order valence-electron chi connectivity index (χ0n) is 11.4. The SMILES string of the molecule is COCCN(CC(=O)O)C(=O)N(C)C(C)COC. The fraction of sp³-hybridized carbons (Fsp3) is 0.818. The first-order valence-electron chi connectivity index (χ1n) is 5.65. The Morgan fingerprint density at radius 3 is 2.33 bits per heavy atom. The van der Waals surface area contributed by atoms with Crippen LogP contribution in [0.15, 0.2) is 0 Å². The van der Waals surface area contributed by atoms with E-state index in [-0.39, 0.29) is 25.2 Å². The highest BCUT2D eigenvalue weighted by atomic mass is 16.5. The molecule has 0 aromatic carbocycles. The summed E-state index contributed by atoms with van der Waals surface area (Å²) in [6.07, 6.45) is 0. The lowest BCUT2D eigenvalue weighted by molar-refractivity contribution is -0.137. The van der Waals surface area contributed by atoms with Crippen LogP contribution in [0.25, 0.3) is 0 Å². The number of ether oxygens (including phenoxy) is 2. The molecule has 106 valence electrons. The van der Waals surface area contributed by atoms with Gasteiger partial charge in [0.05, 0.1) is 19.3 Å². The normalized spacial score (nSPS) is 12.0. The summed E-state index contributed by atoms with van der Waals surface area (Å²) in [7, 11) is 4.67. The summed E-state index contributed by atoms with van der Waals surface area (Å²) < 4.78 is 9.83. The summed E-state index contributed by atoms with van der Waals surface area (Å²) in [5, 5.41) is 8.78. The number of likely N-dealkylation sites (N-methyl/N-ethyl adjacent to an activating group) is 1. The first-order chi connectivity index (χ1) is 8.43. The van der Waals surface area contributed by atoms with Crippen LogP contribution in [0.3, 0.4) is 0 Å². The maximum absolute atomic E-state index is 12.1. The quantitative estimate of drug-likeness (QED) is 0.671. The Morgan fingerprint density at radius 2 is 1.89 bits per heavy atom. The standard InChI is InChI=1S/C11H22N2O5/c1-9(8-18-4)12(2)11(16)13(5-6-17-3)7-10(14)15/h9H,5-8H2,1-4H3,(H,14,15). The summed E-state index contributed by atoms with van der Waals surface area (Å²) in [4.78, 5) is 25.5. The van der Waals surface area contributed by atoms with E-state index in [1.54, 1.807) is 14.2 Å². The Labute approximate surface area is 107 Å². The van der Waals surface area contributed by atoms with Gasteiger partial charge in [0.25, 0.3) is 0 Å². The van der Waals surface area contributed by atoms with Crippen molar-refractivity contribution in [2.75, 3.05) is 47.6 Å². The number of methoxy groups -OCH3 is 2. The van der Waals surface area contributed by atoms with Crippen molar-refractivity contribution < 1.29 is 24.2 Å². The Kier molecular flexibility index (Phi) is 8.06. The number of aliphatic carboxylic acids is 1. The van der Waals surface area contributed by atoms with Crippen LogP contribution >= 0.6 is 0 Å². The molecule has 0 rings (SSSR count). The zero-order valence-corrected chi connectivity index (χ0v) is 11.4. The molecule has 0 aliphatic rings. The predicted molar refractivity (Wildman–Crippen MR) is 65.6 cm³/mol. The number of carboxylic acid groups (broad SMARTS) is 1. The van der Waals surface area contributed by atoms with Gasteiger partial charge in [-0.1, -0.05) is 0 Å². The number of carbonyl (C=O) groups excluding carboxylic acids is 1. The molecule has 1 unspecified atom stereocenters. The molecule has 0 aromatic heterocycles. The number of amides is 2. The lowest BCUT2D eigenvalue weighted by Gasteiger charge is -2.30. The summed E-state index contributed by atoms with van der Waals surface area (Å²) >= 11 is 0. The largest absolute Gasteiger partial charge is 0.480 e. The van der Waals surface area contributed by atoms with Crippen LogP contribution < -0.4 is 0 Å². The summed E-state index contributed by atoms with van der Waals surface area (Å²) in [5.74, 6) is -1.05. The predicted octanol–water partition coefficient (Wildman–Crippen LogP) is 0.106. The molecule has 7 nitrogen and oxygen atoms in total. The zero-order chi connectivity index (χ0) is 14.1. The van der Waals surface area contributed by atoms with Crippen LogP contribution in [-0.4, -0.2) is 80.5 Å². The molecule has 2 amide bonds. The van der Waals surface area contributed by atoms with Gasteiger partial charge in [-0.05, 0) is 6.92 Å². The van der Waals surface area contributed by atoms with E-state index in [0.717, 1.165) is 0 Å². The van der Waals surface area contributed by atoms with Gasteiger partial charge < -0.3 is 24.4 Å². The lowest BCUT2D eigenvalue weighted by Crippen LogP contribution is -2.49. The molecule has 0 heterocycles. The lowest BCUT2D eigenvalue weighted by atomic mass is 10.3. The third-order valence-corrected chi connectivity index (χ3v) is 2.53. The van der Waals surface area contributed by atoms with Crippen LogP contribution in [0, 0.1) is 0 Å². The Balaban J connectivity index is 4.55. The number of urea groups is 1. The smallest absolute Gasteiger partial charge is 0.323 e. The second kappa shape index (κ2) is 8.71. The third kappa shape index (κ3) is 5.83. The van der Waals surface area contributed by atoms with E-state index in [4.69, 9.17) is 14.6 Å². The molecule has 0 aliphatic carbocycles. The minimum Gasteiger partial charge on any atom is -0.480 e. The minimum atomic E-state index is -1.05. The Hall–Kier alpha value is -1.34. The van der Waals surface area contributed by atoms with Gasteiger partial charge in [-0.3, -0.25) is 4.79 Å². The average molecular weight is 262 g/mol. The summed E-state index contributed by atoms with van der Waals surface area (Å²) in [5.41, 5.74) is 0. The number of carboxylic acids is 1. The van der Waals surface area contributed by atoms with E-state index >= 15 is 0 Å². The van der Waals surface area contributed by atoms with Crippen LogP contribution in [0.5, 0.6) is 0 Å². The van der Waals surface area contributed by atoms with Gasteiger partial charge in [-0.25, -0.2) is 4.79 Å². The van der Waals surface area contributed by atoms with E-state index < -0.39 is 5.97 Å². The molecule has 0 fully saturated rings. The molecule has 0 radical (unpaired) electrons. The Morgan fingerprint density at radius 1 is 1.28 bits per heavy atom. The second-order valence-corrected chi connectivity index (χ2v) is 4.01. The first-order valence-corrected chi connectivity index (χ1v) is 5.65. The van der Waals surface area contributed by atoms with Crippen molar-refractivity contribution in [3.05, 3.63) is 0 Å². The molecule has 1 N–H and O–H groups in total. The van der Waals surface area contributed by atoms with Crippen molar-refractivity contribution in [2.24, 2.45) is 0 Å². The second-order valence-electron chi connectivity index (χ2n) is 4.01. The van der Waals surface area contributed by atoms with Crippen molar-refractivity contribution in [2.45, 2.75) is 13.0 Å². The first kappa shape index (κ1) is 16.7. The van der Waals surface area contributed by atoms with Crippen molar-refractivity contribution in [1.82, 2.24) is 9.80 Å². The van der Waals surface area contributed by atoms with Gasteiger partial charge in [-0.15, -0.1) is 0 Å². The molecular formula is C11H22N2O5. The number of carbonyl (C=O) groups is 2. The molecule has 0 bridgehead atoms. The monoisotopic (exact) mass is 262 g/mol. The van der Waals surface area contributed by atoms with Crippen molar-refractivity contribution in [3.8, 4) is 0 Å². The molecule has 18 heavy (non-hydrogen) atoms. The minimum absolute atomic E-state index is 0.124. The topological polar surface area (TPSA) is 79.3 Å². The highest BCUT2D eigenvalue weighted by Crippen LogP contribution is 2.03. The molecule has 0 aliphatic heterocycles. The van der Waals surface area contributed by atoms with Gasteiger partial charge in [0.15, 0.2) is 0 Å². The third-order valence-electron chi connectivity index (χ3n) is 2.53. The molecule has 7 heteroatoms. The number of hydrogen-bond donors (Lipinski definition) is 1. The van der Waals surface area contributed by atoms with E-state index in [9.17, 15) is 9.59 Å². The summed E-state index contributed by atoms with van der Waals surface area (Å²) in [6, 6.07) is -0.472. The van der Waals surface area contributed by atoms with Crippen LogP contribution in [0.2, 0.25) is 0 Å². The fourth-order valence-corrected chi connectivity index (χ4v) is 1.37. The highest BCUT2D eigenvalue weighted by molar-refractivity contribution is 5.80. The molecule has 0 aromatic rings.